The van der Waals surface area contributed by atoms with Crippen molar-refractivity contribution < 1.29 is 92.2 Å². The topological polar surface area (TPSA) is 26.0 Å². The van der Waals surface area contributed by atoms with E-state index in [4.69, 9.17) is 5.40 Å². The van der Waals surface area contributed by atoms with Crippen LogP contribution in [0, 0.1) is 0 Å². The molecule has 0 radical (unpaired) electrons. The van der Waals surface area contributed by atoms with Crippen molar-refractivity contribution in [2.75, 3.05) is 0 Å². The van der Waals surface area contributed by atoms with Gasteiger partial charge in [0.25, 0.3) is 0 Å². The predicted molar refractivity (Wildman–Crippen MR) is 155 cm³/mol. The van der Waals surface area contributed by atoms with Crippen LogP contribution in [0.25, 0.3) is 0 Å². The highest BCUT2D eigenvalue weighted by atomic mass is 28.3. The molecular formula is C30H44F21NSi. The monoisotopic (exact) mass is 845 g/mol. The van der Waals surface area contributed by atoms with E-state index in [2.05, 4.69) is 0 Å². The third-order valence-electron chi connectivity index (χ3n) is 8.94. The Labute approximate surface area is 294 Å². The van der Waals surface area contributed by atoms with Crippen LogP contribution < -0.4 is 5.40 Å². The molecule has 0 aliphatic heterocycles. The molecule has 0 fully saturated rings. The molecule has 0 aliphatic rings. The fourth-order valence-electron chi connectivity index (χ4n) is 5.53. The van der Waals surface area contributed by atoms with E-state index in [0.29, 0.717) is 56.7 Å². The summed E-state index contributed by atoms with van der Waals surface area (Å²) in [7, 11) is -2.71. The summed E-state index contributed by atoms with van der Waals surface area (Å²) in [4.78, 5) is 0. The molecule has 0 saturated heterocycles. The summed E-state index contributed by atoms with van der Waals surface area (Å²) in [6.45, 7) is 0. The van der Waals surface area contributed by atoms with Gasteiger partial charge in [-0.1, -0.05) is 77.0 Å². The molecule has 0 unspecified atom stereocenters. The SMILES string of the molecule is N[Si](CCCCCCCC(F)(F)C(F)(F)C(F)(F)F)(CCCCCCCC(F)(F)C(F)(F)C(F)(F)F)CCCCCCCC(F)(F)C(F)(F)C(F)(F)F. The number of hydrogen-bond donors (Lipinski definition) is 1. The largest absolute Gasteiger partial charge is 0.459 e. The Morgan fingerprint density at radius 1 is 0.264 bits per heavy atom. The molecule has 0 aromatic rings. The van der Waals surface area contributed by atoms with Crippen molar-refractivity contribution in [1.29, 1.82) is 0 Å². The number of rotatable bonds is 27. The van der Waals surface area contributed by atoms with Crippen LogP contribution in [0.3, 0.4) is 0 Å². The molecule has 0 atom stereocenters. The molecule has 0 bridgehead atoms. The standard InChI is InChI=1S/C30H44F21NSi/c31-22(32,25(37,38)28(43,44)45)16-10-4-1-7-13-19-53(52,20-14-8-2-5-11-17-23(33,34)26(39,40)29(46,47)48)21-15-9-3-6-12-18-24(35,36)27(41,42)30(49,50)51/h1-21,52H2. The molecule has 23 heteroatoms. The van der Waals surface area contributed by atoms with Crippen LogP contribution in [0.15, 0.2) is 0 Å². The van der Waals surface area contributed by atoms with Crippen molar-refractivity contribution in [3.05, 3.63) is 0 Å². The van der Waals surface area contributed by atoms with Crippen LogP contribution in [0.5, 0.6) is 0 Å². The van der Waals surface area contributed by atoms with Crippen LogP contribution in [0.1, 0.15) is 116 Å². The first-order valence-corrected chi connectivity index (χ1v) is 19.6. The van der Waals surface area contributed by atoms with Crippen molar-refractivity contribution in [3.63, 3.8) is 0 Å². The van der Waals surface area contributed by atoms with E-state index in [0.717, 1.165) is 0 Å². The van der Waals surface area contributed by atoms with Gasteiger partial charge in [0.05, 0.1) is 0 Å². The maximum atomic E-state index is 13.5. The molecule has 0 aromatic carbocycles. The highest BCUT2D eigenvalue weighted by Gasteiger charge is 2.74. The summed E-state index contributed by atoms with van der Waals surface area (Å²) < 4.78 is 269. The first-order chi connectivity index (χ1) is 23.6. The quantitative estimate of drug-likeness (QED) is 0.0498. The fourth-order valence-corrected chi connectivity index (χ4v) is 9.14. The minimum absolute atomic E-state index is 0.120. The molecule has 0 amide bonds. The Kier molecular flexibility index (Phi) is 19.2. The predicted octanol–water partition coefficient (Wildman–Crippen LogP) is 14.4. The summed E-state index contributed by atoms with van der Waals surface area (Å²) in [5.74, 6) is -34.6. The van der Waals surface area contributed by atoms with E-state index in [1.165, 1.54) is 0 Å². The zero-order valence-corrected chi connectivity index (χ0v) is 29.4. The second-order valence-electron chi connectivity index (χ2n) is 13.5. The third-order valence-corrected chi connectivity index (χ3v) is 13.0. The van der Waals surface area contributed by atoms with Gasteiger partial charge >= 0.3 is 54.1 Å². The lowest BCUT2D eigenvalue weighted by Crippen LogP contribution is -2.51. The smallest absolute Gasteiger partial charge is 0.351 e. The Morgan fingerprint density at radius 2 is 0.434 bits per heavy atom. The number of hydrogen-bond acceptors (Lipinski definition) is 1. The van der Waals surface area contributed by atoms with Crippen molar-refractivity contribution in [2.24, 2.45) is 5.40 Å². The van der Waals surface area contributed by atoms with Gasteiger partial charge in [-0.25, -0.2) is 0 Å². The van der Waals surface area contributed by atoms with E-state index in [9.17, 15) is 92.2 Å². The summed E-state index contributed by atoms with van der Waals surface area (Å²) >= 11 is 0. The maximum Gasteiger partial charge on any atom is 0.459 e. The van der Waals surface area contributed by atoms with Crippen LogP contribution in [-0.2, 0) is 0 Å². The lowest BCUT2D eigenvalue weighted by Gasteiger charge is -2.28. The second-order valence-corrected chi connectivity index (χ2v) is 17.7. The molecule has 0 saturated carbocycles. The number of unbranched alkanes of at least 4 members (excludes halogenated alkanes) is 12. The van der Waals surface area contributed by atoms with Crippen LogP contribution >= 0.6 is 0 Å². The van der Waals surface area contributed by atoms with Crippen molar-refractivity contribution in [3.8, 4) is 0 Å². The van der Waals surface area contributed by atoms with E-state index in [1.54, 1.807) is 0 Å². The van der Waals surface area contributed by atoms with Crippen molar-refractivity contribution >= 4 is 8.24 Å². The lowest BCUT2D eigenvalue weighted by atomic mass is 10.0. The van der Waals surface area contributed by atoms with Crippen LogP contribution in [-0.4, -0.2) is 62.3 Å². The van der Waals surface area contributed by atoms with Gasteiger partial charge in [0.1, 0.15) is 8.24 Å². The molecule has 53 heavy (non-hydrogen) atoms. The van der Waals surface area contributed by atoms with Crippen LogP contribution in [0.4, 0.5) is 92.2 Å². The fraction of sp³-hybridized carbons (Fsp3) is 1.00. The summed E-state index contributed by atoms with van der Waals surface area (Å²) in [5, 5.41) is 6.63. The van der Waals surface area contributed by atoms with Gasteiger partial charge in [0, 0.05) is 19.3 Å². The maximum absolute atomic E-state index is 13.5. The first kappa shape index (κ1) is 51.7. The van der Waals surface area contributed by atoms with Gasteiger partial charge in [0.15, 0.2) is 0 Å². The Bertz CT molecular complexity index is 910. The average Bonchev–Trinajstić information content (AvgIpc) is 2.97. The van der Waals surface area contributed by atoms with Crippen molar-refractivity contribution in [1.82, 2.24) is 0 Å². The summed E-state index contributed by atoms with van der Waals surface area (Å²) in [6.07, 6.45) is -24.3. The van der Waals surface area contributed by atoms with E-state index in [-0.39, 0.29) is 38.5 Å². The van der Waals surface area contributed by atoms with Gasteiger partial charge in [-0.3, -0.25) is 0 Å². The first-order valence-electron chi connectivity index (χ1n) is 16.9. The zero-order chi connectivity index (χ0) is 41.8. The molecule has 0 heterocycles. The second kappa shape index (κ2) is 19.7. The Morgan fingerprint density at radius 3 is 0.623 bits per heavy atom. The highest BCUT2D eigenvalue weighted by molar-refractivity contribution is 6.76. The normalized spacial score (nSPS) is 15.1. The summed E-state index contributed by atoms with van der Waals surface area (Å²) in [5.41, 5.74) is 0. The molecule has 320 valence electrons. The number of nitrogens with two attached hydrogens (primary N) is 1. The van der Waals surface area contributed by atoms with E-state index in [1.807, 2.05) is 0 Å². The van der Waals surface area contributed by atoms with Crippen molar-refractivity contribution in [2.45, 2.75) is 188 Å². The number of alkyl halides is 21. The minimum atomic E-state index is -6.45. The number of halogens is 21. The molecule has 2 N–H and O–H groups in total. The third kappa shape index (κ3) is 15.3. The Balaban J connectivity index is 4.97. The van der Waals surface area contributed by atoms with E-state index >= 15 is 0 Å². The highest BCUT2D eigenvalue weighted by Crippen LogP contribution is 2.51. The molecule has 0 aromatic heterocycles. The lowest BCUT2D eigenvalue weighted by molar-refractivity contribution is -0.356. The average molecular weight is 846 g/mol. The van der Waals surface area contributed by atoms with Gasteiger partial charge < -0.3 is 5.40 Å². The van der Waals surface area contributed by atoms with Gasteiger partial charge in [-0.05, 0) is 37.4 Å². The van der Waals surface area contributed by atoms with Crippen LogP contribution in [0.2, 0.25) is 18.1 Å². The van der Waals surface area contributed by atoms with Gasteiger partial charge in [-0.15, -0.1) is 0 Å². The summed E-state index contributed by atoms with van der Waals surface area (Å²) in [6, 6.07) is 1.10. The molecule has 0 spiro atoms. The minimum Gasteiger partial charge on any atom is -0.351 e. The molecular weight excluding hydrogens is 801 g/mol. The molecule has 1 nitrogen and oxygen atoms in total. The van der Waals surface area contributed by atoms with Gasteiger partial charge in [0.2, 0.25) is 0 Å². The Hall–Kier alpha value is -1.29. The van der Waals surface area contributed by atoms with E-state index < -0.39 is 101 Å². The van der Waals surface area contributed by atoms with Gasteiger partial charge in [-0.2, -0.15) is 92.2 Å². The zero-order valence-electron chi connectivity index (χ0n) is 28.4. The molecule has 0 rings (SSSR count). The molecule has 0 aliphatic carbocycles.